The minimum absolute atomic E-state index is 0. The Morgan fingerprint density at radius 2 is 0.909 bits per heavy atom. The van der Waals surface area contributed by atoms with Crippen LogP contribution in [0.15, 0.2) is 0 Å². The molecular formula is CH2Nb2O8. The van der Waals surface area contributed by atoms with Crippen molar-refractivity contribution in [1.82, 2.24) is 0 Å². The molecule has 64 valence electrons. The standard InChI is InChI=1S/CH2O3.2Nb.5O/c2-1(3)4;;;;;;;/h(H2,2,3,4);;;;;;;. The van der Waals surface area contributed by atoms with Crippen molar-refractivity contribution in [3.8, 4) is 0 Å². The first-order valence-electron chi connectivity index (χ1n) is 1.56. The van der Waals surface area contributed by atoms with Gasteiger partial charge in [0.25, 0.3) is 0 Å². The fraction of sp³-hybridized carbons (Fsp3) is 0. The van der Waals surface area contributed by atoms with Crippen LogP contribution in [-0.2, 0) is 54.3 Å². The van der Waals surface area contributed by atoms with Crippen LogP contribution in [0.5, 0.6) is 0 Å². The van der Waals surface area contributed by atoms with Gasteiger partial charge in [-0.3, -0.25) is 0 Å². The molecule has 0 rings (SSSR count). The molecular weight excluding hydrogens is 326 g/mol. The van der Waals surface area contributed by atoms with Gasteiger partial charge < -0.3 is 10.2 Å². The van der Waals surface area contributed by atoms with E-state index in [1.807, 2.05) is 0 Å². The number of carbonyl (C=O) groups is 1. The molecule has 0 aromatic carbocycles. The minimum atomic E-state index is -7.94. The molecule has 0 aliphatic heterocycles. The number of hydrogen-bond donors (Lipinski definition) is 2. The molecule has 0 saturated heterocycles. The Morgan fingerprint density at radius 1 is 0.909 bits per heavy atom. The van der Waals surface area contributed by atoms with Gasteiger partial charge >= 0.3 is 38.1 Å². The van der Waals surface area contributed by atoms with Crippen LogP contribution in [0.1, 0.15) is 0 Å². The van der Waals surface area contributed by atoms with Crippen LogP contribution in [0, 0.1) is 0 Å². The van der Waals surface area contributed by atoms with E-state index in [0.29, 0.717) is 0 Å². The van der Waals surface area contributed by atoms with Crippen molar-refractivity contribution >= 4 is 6.16 Å². The fourth-order valence-corrected chi connectivity index (χ4v) is 0. The molecule has 0 unspecified atom stereocenters. The molecule has 8 nitrogen and oxygen atoms in total. The molecule has 0 aromatic heterocycles. The second-order valence-corrected chi connectivity index (χ2v) is 4.69. The zero-order valence-electron chi connectivity index (χ0n) is 4.74. The molecule has 0 amide bonds. The summed E-state index contributed by atoms with van der Waals surface area (Å²) in [6.45, 7) is 0. The SMILES string of the molecule is O=C(O)O.[Nb].[O]=[Nb](=[O])(=[O])(=[O])=[O]. The average Bonchev–Trinajstić information content (AvgIpc) is 1.14. The summed E-state index contributed by atoms with van der Waals surface area (Å²) < 4.78 is 43.3. The molecule has 10 heteroatoms. The van der Waals surface area contributed by atoms with Gasteiger partial charge in [0.15, 0.2) is 0 Å². The van der Waals surface area contributed by atoms with E-state index in [0.717, 1.165) is 0 Å². The Hall–Kier alpha value is -0.249. The zero-order chi connectivity index (χ0) is 9.02. The van der Waals surface area contributed by atoms with Crippen LogP contribution < -0.4 is 0 Å². The van der Waals surface area contributed by atoms with Gasteiger partial charge in [-0.2, -0.15) is 0 Å². The summed E-state index contributed by atoms with van der Waals surface area (Å²) in [6, 6.07) is 0. The van der Waals surface area contributed by atoms with Crippen LogP contribution in [0.25, 0.3) is 0 Å². The van der Waals surface area contributed by atoms with Gasteiger partial charge in [0.2, 0.25) is 0 Å². The summed E-state index contributed by atoms with van der Waals surface area (Å²) in [5.74, 6) is 0. The molecule has 0 atom stereocenters. The van der Waals surface area contributed by atoms with Gasteiger partial charge in [0, 0.05) is 22.4 Å². The quantitative estimate of drug-likeness (QED) is 0.573. The maximum atomic E-state index is 8.66. The van der Waals surface area contributed by atoms with Gasteiger partial charge in [-0.15, -0.1) is 0 Å². The van der Waals surface area contributed by atoms with Crippen molar-refractivity contribution in [2.75, 3.05) is 0 Å². The van der Waals surface area contributed by atoms with E-state index in [-0.39, 0.29) is 22.4 Å². The van der Waals surface area contributed by atoms with Gasteiger partial charge in [-0.1, -0.05) is 0 Å². The second-order valence-electron chi connectivity index (χ2n) is 1.03. The summed E-state index contributed by atoms with van der Waals surface area (Å²) in [5, 5.41) is 13.9. The number of carboxylic acid groups (broad SMARTS) is 2. The number of hydrogen-bond acceptors (Lipinski definition) is 6. The Kier molecular flexibility index (Phi) is 7.10. The van der Waals surface area contributed by atoms with Crippen molar-refractivity contribution < 1.29 is 69.3 Å². The van der Waals surface area contributed by atoms with Gasteiger partial charge in [0.05, 0.1) is 0 Å². The van der Waals surface area contributed by atoms with E-state index in [1.165, 1.54) is 0 Å². The van der Waals surface area contributed by atoms with E-state index in [4.69, 9.17) is 31.3 Å². The summed E-state index contributed by atoms with van der Waals surface area (Å²) in [4.78, 5) is 8.56. The second kappa shape index (κ2) is 4.59. The van der Waals surface area contributed by atoms with Crippen molar-refractivity contribution in [1.29, 1.82) is 0 Å². The van der Waals surface area contributed by atoms with E-state index in [9.17, 15) is 0 Å². The first kappa shape index (κ1) is 17.0. The molecule has 0 fully saturated rings. The first-order valence-corrected chi connectivity index (χ1v) is 6.05. The van der Waals surface area contributed by atoms with Crippen LogP contribution in [0.2, 0.25) is 0 Å². The molecule has 0 bridgehead atoms. The fourth-order valence-electron chi connectivity index (χ4n) is 0. The summed E-state index contributed by atoms with van der Waals surface area (Å²) in [7, 11) is 0. The Balaban J connectivity index is -0.000000114. The first-order chi connectivity index (χ1) is 3.97. The predicted octanol–water partition coefficient (Wildman–Crippen LogP) is -0.377. The third kappa shape index (κ3) is 9410. The Labute approximate surface area is 75.3 Å². The van der Waals surface area contributed by atoms with Crippen LogP contribution >= 0.6 is 0 Å². The van der Waals surface area contributed by atoms with Gasteiger partial charge in [-0.25, -0.2) is 4.79 Å². The van der Waals surface area contributed by atoms with E-state index < -0.39 is 21.8 Å². The average molecular weight is 328 g/mol. The van der Waals surface area contributed by atoms with E-state index >= 15 is 0 Å². The predicted molar refractivity (Wildman–Crippen MR) is 14.1 cm³/mol. The molecule has 0 saturated carbocycles. The third-order valence-electron chi connectivity index (χ3n) is 0. The molecule has 1 radical (unpaired) electrons. The summed E-state index contributed by atoms with van der Waals surface area (Å²) in [5.41, 5.74) is 0. The summed E-state index contributed by atoms with van der Waals surface area (Å²) >= 11 is -7.94. The van der Waals surface area contributed by atoms with E-state index in [1.54, 1.807) is 0 Å². The van der Waals surface area contributed by atoms with Crippen LogP contribution in [0.3, 0.4) is 0 Å². The number of rotatable bonds is 0. The van der Waals surface area contributed by atoms with Crippen LogP contribution in [-0.4, -0.2) is 16.4 Å². The van der Waals surface area contributed by atoms with Gasteiger partial charge in [0.1, 0.15) is 0 Å². The molecule has 0 aliphatic rings. The molecule has 0 aliphatic carbocycles. The zero-order valence-corrected chi connectivity index (χ0v) is 9.14. The molecule has 0 heterocycles. The van der Waals surface area contributed by atoms with Crippen molar-refractivity contribution in [3.63, 3.8) is 0 Å². The van der Waals surface area contributed by atoms with Crippen molar-refractivity contribution in [2.45, 2.75) is 0 Å². The molecule has 2 N–H and O–H groups in total. The Morgan fingerprint density at radius 3 is 0.909 bits per heavy atom. The molecule has 11 heavy (non-hydrogen) atoms. The third-order valence-corrected chi connectivity index (χ3v) is 0. The maximum absolute atomic E-state index is 8.66. The normalized spacial score (nSPS) is 7.64. The van der Waals surface area contributed by atoms with Crippen LogP contribution in [0.4, 0.5) is 4.79 Å². The van der Waals surface area contributed by atoms with Crippen molar-refractivity contribution in [3.05, 3.63) is 0 Å². The topological polar surface area (TPSA) is 143 Å². The molecule has 0 spiro atoms. The monoisotopic (exact) mass is 328 g/mol. The van der Waals surface area contributed by atoms with Crippen molar-refractivity contribution in [2.24, 2.45) is 0 Å². The van der Waals surface area contributed by atoms with E-state index in [2.05, 4.69) is 0 Å². The Bertz CT molecular complexity index is 358. The van der Waals surface area contributed by atoms with Gasteiger partial charge in [-0.05, 0) is 0 Å². The summed E-state index contributed by atoms with van der Waals surface area (Å²) in [6.07, 6.45) is -1.83. The molecule has 0 aromatic rings.